The average molecular weight is 196 g/mol. The van der Waals surface area contributed by atoms with E-state index in [2.05, 4.69) is 41.5 Å². The summed E-state index contributed by atoms with van der Waals surface area (Å²) in [6.07, 6.45) is 5.60. The van der Waals surface area contributed by atoms with Gasteiger partial charge in [0.1, 0.15) is 0 Å². The molecule has 0 aliphatic heterocycles. The van der Waals surface area contributed by atoms with Gasteiger partial charge in [-0.15, -0.1) is 0 Å². The predicted molar refractivity (Wildman–Crippen MR) is 64.4 cm³/mol. The van der Waals surface area contributed by atoms with Gasteiger partial charge >= 0.3 is 0 Å². The van der Waals surface area contributed by atoms with Crippen LogP contribution in [0.1, 0.15) is 67.2 Å². The molecule has 14 heavy (non-hydrogen) atoms. The smallest absolute Gasteiger partial charge is 0.0293 e. The summed E-state index contributed by atoms with van der Waals surface area (Å²) < 4.78 is 0. The molecule has 0 aromatic heterocycles. The van der Waals surface area contributed by atoms with Crippen molar-refractivity contribution in [1.82, 2.24) is 0 Å². The van der Waals surface area contributed by atoms with Gasteiger partial charge in [-0.1, -0.05) is 48.0 Å². The van der Waals surface area contributed by atoms with Crippen LogP contribution in [0.4, 0.5) is 0 Å². The van der Waals surface area contributed by atoms with Crippen LogP contribution in [0.15, 0.2) is 0 Å². The van der Waals surface area contributed by atoms with E-state index in [0.717, 1.165) is 11.8 Å². The lowest BCUT2D eigenvalue weighted by atomic mass is 9.57. The maximum Gasteiger partial charge on any atom is -0.0293 e. The Bertz CT molecular complexity index is 192. The van der Waals surface area contributed by atoms with Crippen LogP contribution >= 0.6 is 0 Å². The normalized spacial score (nSPS) is 39.4. The minimum absolute atomic E-state index is 0.565. The lowest BCUT2D eigenvalue weighted by molar-refractivity contribution is 0.0179. The van der Waals surface area contributed by atoms with Crippen LogP contribution in [0.2, 0.25) is 0 Å². The first-order valence-corrected chi connectivity index (χ1v) is 6.29. The Morgan fingerprint density at radius 1 is 1.21 bits per heavy atom. The minimum atomic E-state index is 0.565. The molecular weight excluding hydrogens is 168 g/mol. The Kier molecular flexibility index (Phi) is 3.33. The molecule has 0 N–H and O–H groups in total. The Morgan fingerprint density at radius 3 is 2.21 bits per heavy atom. The highest BCUT2D eigenvalue weighted by Crippen LogP contribution is 2.52. The fourth-order valence-electron chi connectivity index (χ4n) is 3.92. The average Bonchev–Trinajstić information content (AvgIpc) is 1.98. The molecule has 0 amide bonds. The Balaban J connectivity index is 2.78. The third-order valence-corrected chi connectivity index (χ3v) is 4.40. The van der Waals surface area contributed by atoms with E-state index >= 15 is 0 Å². The molecule has 0 nitrogen and oxygen atoms in total. The van der Waals surface area contributed by atoms with Gasteiger partial charge in [0, 0.05) is 0 Å². The molecule has 1 rings (SSSR count). The monoisotopic (exact) mass is 196 g/mol. The number of hydrogen-bond acceptors (Lipinski definition) is 0. The maximum atomic E-state index is 2.51. The van der Waals surface area contributed by atoms with Crippen LogP contribution in [-0.2, 0) is 0 Å². The zero-order valence-corrected chi connectivity index (χ0v) is 11.0. The van der Waals surface area contributed by atoms with Crippen molar-refractivity contribution in [1.29, 1.82) is 0 Å². The first-order valence-electron chi connectivity index (χ1n) is 6.29. The Hall–Kier alpha value is 0. The van der Waals surface area contributed by atoms with E-state index in [9.17, 15) is 0 Å². The highest BCUT2D eigenvalue weighted by molar-refractivity contribution is 4.92. The highest BCUT2D eigenvalue weighted by Gasteiger charge is 2.41. The van der Waals surface area contributed by atoms with E-state index in [4.69, 9.17) is 0 Å². The van der Waals surface area contributed by atoms with Crippen molar-refractivity contribution < 1.29 is 0 Å². The molecule has 1 saturated carbocycles. The Morgan fingerprint density at radius 2 is 1.79 bits per heavy atom. The largest absolute Gasteiger partial charge is 0.0651 e. The molecule has 0 heteroatoms. The first-order chi connectivity index (χ1) is 6.29. The van der Waals surface area contributed by atoms with Crippen molar-refractivity contribution in [3.8, 4) is 0 Å². The summed E-state index contributed by atoms with van der Waals surface area (Å²) in [6, 6.07) is 0. The van der Waals surface area contributed by atoms with E-state index in [0.29, 0.717) is 10.8 Å². The second-order valence-corrected chi connectivity index (χ2v) is 6.82. The van der Waals surface area contributed by atoms with Crippen LogP contribution in [-0.4, -0.2) is 0 Å². The molecule has 0 bridgehead atoms. The van der Waals surface area contributed by atoms with E-state index in [1.165, 1.54) is 25.7 Å². The summed E-state index contributed by atoms with van der Waals surface area (Å²) >= 11 is 0. The lowest BCUT2D eigenvalue weighted by Crippen LogP contribution is -2.38. The fourth-order valence-corrected chi connectivity index (χ4v) is 3.92. The molecular formula is C14H28. The minimum Gasteiger partial charge on any atom is -0.0651 e. The molecule has 3 atom stereocenters. The second-order valence-electron chi connectivity index (χ2n) is 6.82. The van der Waals surface area contributed by atoms with E-state index < -0.39 is 0 Å². The van der Waals surface area contributed by atoms with Crippen LogP contribution in [0, 0.1) is 22.7 Å². The van der Waals surface area contributed by atoms with Gasteiger partial charge in [0.25, 0.3) is 0 Å². The fraction of sp³-hybridized carbons (Fsp3) is 1.00. The summed E-state index contributed by atoms with van der Waals surface area (Å²) in [6.45, 7) is 14.6. The third-order valence-electron chi connectivity index (χ3n) is 4.40. The van der Waals surface area contributed by atoms with E-state index in [1.54, 1.807) is 0 Å². The van der Waals surface area contributed by atoms with Gasteiger partial charge in [-0.3, -0.25) is 0 Å². The first kappa shape index (κ1) is 12.1. The molecule has 0 radical (unpaired) electrons. The molecule has 0 spiro atoms. The van der Waals surface area contributed by atoms with Crippen LogP contribution in [0.5, 0.6) is 0 Å². The molecule has 1 aliphatic carbocycles. The van der Waals surface area contributed by atoms with Crippen molar-refractivity contribution in [3.05, 3.63) is 0 Å². The second kappa shape index (κ2) is 3.87. The zero-order valence-electron chi connectivity index (χ0n) is 11.0. The standard InChI is InChI=1S/C14H28/c1-7-12(3)14(6)9-11(2)8-13(4,5)10-14/h11-12H,7-10H2,1-6H3/t11-,12?,14?/m1/s1. The molecule has 0 saturated heterocycles. The van der Waals surface area contributed by atoms with Gasteiger partial charge < -0.3 is 0 Å². The van der Waals surface area contributed by atoms with Crippen LogP contribution in [0.3, 0.4) is 0 Å². The SMILES string of the molecule is CCC(C)C1(C)C[C@H](C)CC(C)(C)C1. The molecule has 1 fully saturated rings. The van der Waals surface area contributed by atoms with E-state index in [-0.39, 0.29) is 0 Å². The van der Waals surface area contributed by atoms with Gasteiger partial charge in [0.05, 0.1) is 0 Å². The van der Waals surface area contributed by atoms with Gasteiger partial charge in [0.15, 0.2) is 0 Å². The Labute approximate surface area is 90.5 Å². The molecule has 84 valence electrons. The van der Waals surface area contributed by atoms with Crippen molar-refractivity contribution in [2.24, 2.45) is 22.7 Å². The quantitative estimate of drug-likeness (QED) is 0.590. The van der Waals surface area contributed by atoms with E-state index in [1.807, 2.05) is 0 Å². The number of hydrogen-bond donors (Lipinski definition) is 0. The topological polar surface area (TPSA) is 0 Å². The summed E-state index contributed by atoms with van der Waals surface area (Å²) in [5.41, 5.74) is 1.16. The van der Waals surface area contributed by atoms with Crippen molar-refractivity contribution >= 4 is 0 Å². The predicted octanol–water partition coefficient (Wildman–Crippen LogP) is 4.89. The van der Waals surface area contributed by atoms with Crippen molar-refractivity contribution in [2.75, 3.05) is 0 Å². The molecule has 2 unspecified atom stereocenters. The zero-order chi connectivity index (χ0) is 11.0. The highest BCUT2D eigenvalue weighted by atomic mass is 14.5. The molecule has 0 aromatic carbocycles. The van der Waals surface area contributed by atoms with Crippen molar-refractivity contribution in [3.63, 3.8) is 0 Å². The van der Waals surface area contributed by atoms with Gasteiger partial charge in [-0.05, 0) is 41.9 Å². The molecule has 0 aromatic rings. The molecule has 0 heterocycles. The molecule has 1 aliphatic rings. The lowest BCUT2D eigenvalue weighted by Gasteiger charge is -2.49. The van der Waals surface area contributed by atoms with Crippen molar-refractivity contribution in [2.45, 2.75) is 67.2 Å². The third kappa shape index (κ3) is 2.52. The van der Waals surface area contributed by atoms with Crippen LogP contribution < -0.4 is 0 Å². The maximum absolute atomic E-state index is 2.51. The van der Waals surface area contributed by atoms with Gasteiger partial charge in [-0.2, -0.15) is 0 Å². The summed E-state index contributed by atoms with van der Waals surface area (Å²) in [7, 11) is 0. The summed E-state index contributed by atoms with van der Waals surface area (Å²) in [5.74, 6) is 1.79. The summed E-state index contributed by atoms with van der Waals surface area (Å²) in [5, 5.41) is 0. The number of rotatable bonds is 2. The van der Waals surface area contributed by atoms with Gasteiger partial charge in [-0.25, -0.2) is 0 Å². The van der Waals surface area contributed by atoms with Gasteiger partial charge in [0.2, 0.25) is 0 Å². The van der Waals surface area contributed by atoms with Crippen LogP contribution in [0.25, 0.3) is 0 Å². The summed E-state index contributed by atoms with van der Waals surface area (Å²) in [4.78, 5) is 0.